The number of hydrogen-bond donors (Lipinski definition) is 1. The van der Waals surface area contributed by atoms with Crippen LogP contribution in [0.5, 0.6) is 0 Å². The third kappa shape index (κ3) is 6.00. The van der Waals surface area contributed by atoms with Gasteiger partial charge < -0.3 is 10.1 Å². The molecule has 0 aromatic heterocycles. The number of amides is 1. The fourth-order valence-corrected chi connectivity index (χ4v) is 5.72. The molecule has 1 heterocycles. The van der Waals surface area contributed by atoms with Gasteiger partial charge in [0.2, 0.25) is 26.0 Å². The van der Waals surface area contributed by atoms with E-state index in [1.54, 1.807) is 12.1 Å². The SMILES string of the molecule is CS(=O)(=O)N(CC(=O)Nc1ccc(Br)c(Cl)c1)c1ccc(S(=O)(=O)N2CCOCC2)cc1. The summed E-state index contributed by atoms with van der Waals surface area (Å²) in [5.74, 6) is -0.584. The lowest BCUT2D eigenvalue weighted by molar-refractivity contribution is -0.114. The van der Waals surface area contributed by atoms with Crippen molar-refractivity contribution in [1.82, 2.24) is 4.31 Å². The Balaban J connectivity index is 1.78. The Hall–Kier alpha value is -1.70. The highest BCUT2D eigenvalue weighted by atomic mass is 79.9. The number of sulfonamides is 2. The Morgan fingerprint density at radius 2 is 1.75 bits per heavy atom. The summed E-state index contributed by atoms with van der Waals surface area (Å²) >= 11 is 9.27. The predicted octanol–water partition coefficient (Wildman–Crippen LogP) is 2.53. The number of nitrogens with zero attached hydrogens (tertiary/aromatic N) is 2. The van der Waals surface area contributed by atoms with E-state index in [1.165, 1.54) is 34.6 Å². The summed E-state index contributed by atoms with van der Waals surface area (Å²) in [6.07, 6.45) is 0.967. The zero-order chi connectivity index (χ0) is 23.5. The van der Waals surface area contributed by atoms with Gasteiger partial charge >= 0.3 is 0 Å². The molecular weight excluding hydrogens is 546 g/mol. The molecule has 1 aliphatic rings. The van der Waals surface area contributed by atoms with E-state index in [-0.39, 0.29) is 23.7 Å². The van der Waals surface area contributed by atoms with Gasteiger partial charge in [0.05, 0.1) is 35.1 Å². The molecule has 1 N–H and O–H groups in total. The molecule has 3 rings (SSSR count). The van der Waals surface area contributed by atoms with E-state index in [0.717, 1.165) is 10.6 Å². The smallest absolute Gasteiger partial charge is 0.245 e. The van der Waals surface area contributed by atoms with Crippen molar-refractivity contribution in [3.63, 3.8) is 0 Å². The first-order valence-corrected chi connectivity index (χ1v) is 13.8. The number of halogens is 2. The van der Waals surface area contributed by atoms with Crippen LogP contribution in [0, 0.1) is 0 Å². The van der Waals surface area contributed by atoms with Crippen LogP contribution in [0.2, 0.25) is 5.02 Å². The summed E-state index contributed by atoms with van der Waals surface area (Å²) in [4.78, 5) is 12.5. The van der Waals surface area contributed by atoms with Crippen molar-refractivity contribution in [3.05, 3.63) is 52.0 Å². The summed E-state index contributed by atoms with van der Waals surface area (Å²) in [5.41, 5.74) is 0.570. The molecule has 13 heteroatoms. The number of morpholine rings is 1. The minimum Gasteiger partial charge on any atom is -0.379 e. The first kappa shape index (κ1) is 24.9. The Morgan fingerprint density at radius 1 is 1.12 bits per heavy atom. The maximum Gasteiger partial charge on any atom is 0.245 e. The highest BCUT2D eigenvalue weighted by Crippen LogP contribution is 2.26. The van der Waals surface area contributed by atoms with Crippen LogP contribution in [-0.2, 0) is 29.6 Å². The highest BCUT2D eigenvalue weighted by Gasteiger charge is 2.27. The zero-order valence-corrected chi connectivity index (χ0v) is 21.0. The molecule has 0 radical (unpaired) electrons. The van der Waals surface area contributed by atoms with Crippen molar-refractivity contribution >= 4 is 64.9 Å². The molecule has 2 aromatic carbocycles. The minimum atomic E-state index is -3.83. The molecule has 0 bridgehead atoms. The van der Waals surface area contributed by atoms with Crippen LogP contribution in [-0.4, -0.2) is 66.2 Å². The van der Waals surface area contributed by atoms with Crippen molar-refractivity contribution in [2.45, 2.75) is 4.90 Å². The van der Waals surface area contributed by atoms with E-state index in [1.807, 2.05) is 0 Å². The minimum absolute atomic E-state index is 0.0329. The van der Waals surface area contributed by atoms with Crippen LogP contribution in [0.25, 0.3) is 0 Å². The fourth-order valence-electron chi connectivity index (χ4n) is 3.03. The summed E-state index contributed by atoms with van der Waals surface area (Å²) in [6, 6.07) is 10.2. The van der Waals surface area contributed by atoms with E-state index in [9.17, 15) is 21.6 Å². The average Bonchev–Trinajstić information content (AvgIpc) is 2.74. The van der Waals surface area contributed by atoms with E-state index in [4.69, 9.17) is 16.3 Å². The Labute approximate surface area is 200 Å². The molecule has 1 aliphatic heterocycles. The fraction of sp³-hybridized carbons (Fsp3) is 0.316. The van der Waals surface area contributed by atoms with Gasteiger partial charge in [-0.2, -0.15) is 4.31 Å². The van der Waals surface area contributed by atoms with Gasteiger partial charge in [-0.3, -0.25) is 9.10 Å². The number of carbonyl (C=O) groups excluding carboxylic acids is 1. The van der Waals surface area contributed by atoms with Gasteiger partial charge in [-0.1, -0.05) is 11.6 Å². The van der Waals surface area contributed by atoms with Crippen molar-refractivity contribution < 1.29 is 26.4 Å². The van der Waals surface area contributed by atoms with Crippen LogP contribution < -0.4 is 9.62 Å². The molecular formula is C19H21BrClN3O6S2. The number of benzene rings is 2. The monoisotopic (exact) mass is 565 g/mol. The molecule has 0 saturated carbocycles. The quantitative estimate of drug-likeness (QED) is 0.551. The largest absolute Gasteiger partial charge is 0.379 e. The van der Waals surface area contributed by atoms with Gasteiger partial charge in [-0.25, -0.2) is 16.8 Å². The first-order chi connectivity index (χ1) is 15.0. The molecule has 0 spiro atoms. The van der Waals surface area contributed by atoms with Gasteiger partial charge in [-0.15, -0.1) is 0 Å². The number of carbonyl (C=O) groups is 1. The second-order valence-corrected chi connectivity index (χ2v) is 12.1. The van der Waals surface area contributed by atoms with Crippen molar-refractivity contribution in [3.8, 4) is 0 Å². The summed E-state index contributed by atoms with van der Waals surface area (Å²) in [6.45, 7) is 0.636. The van der Waals surface area contributed by atoms with Crippen LogP contribution in [0.15, 0.2) is 51.8 Å². The number of nitrogens with one attached hydrogen (secondary N) is 1. The van der Waals surface area contributed by atoms with E-state index in [0.29, 0.717) is 28.4 Å². The molecule has 1 saturated heterocycles. The van der Waals surface area contributed by atoms with Crippen LogP contribution in [0.4, 0.5) is 11.4 Å². The number of ether oxygens (including phenoxy) is 1. The second-order valence-electron chi connectivity index (χ2n) is 6.96. The lowest BCUT2D eigenvalue weighted by Crippen LogP contribution is -2.40. The number of anilines is 2. The van der Waals surface area contributed by atoms with Gasteiger partial charge in [0.25, 0.3) is 0 Å². The molecule has 0 unspecified atom stereocenters. The van der Waals surface area contributed by atoms with Crippen molar-refractivity contribution in [2.75, 3.05) is 48.7 Å². The van der Waals surface area contributed by atoms with Crippen LogP contribution >= 0.6 is 27.5 Å². The van der Waals surface area contributed by atoms with E-state index in [2.05, 4.69) is 21.2 Å². The normalized spacial score (nSPS) is 15.3. The molecule has 0 atom stereocenters. The number of hydrogen-bond acceptors (Lipinski definition) is 6. The highest BCUT2D eigenvalue weighted by molar-refractivity contribution is 9.10. The molecule has 9 nitrogen and oxygen atoms in total. The Bertz CT molecular complexity index is 1200. The predicted molar refractivity (Wildman–Crippen MR) is 126 cm³/mol. The van der Waals surface area contributed by atoms with Crippen molar-refractivity contribution in [1.29, 1.82) is 0 Å². The van der Waals surface area contributed by atoms with E-state index >= 15 is 0 Å². The van der Waals surface area contributed by atoms with E-state index < -0.39 is 32.5 Å². The zero-order valence-electron chi connectivity index (χ0n) is 17.0. The second kappa shape index (κ2) is 10.1. The molecule has 174 valence electrons. The maximum atomic E-state index is 12.8. The van der Waals surface area contributed by atoms with Gasteiger partial charge in [0.1, 0.15) is 6.54 Å². The van der Waals surface area contributed by atoms with Gasteiger partial charge in [-0.05, 0) is 58.4 Å². The topological polar surface area (TPSA) is 113 Å². The average molecular weight is 567 g/mol. The third-order valence-electron chi connectivity index (χ3n) is 4.62. The van der Waals surface area contributed by atoms with Crippen LogP contribution in [0.3, 0.4) is 0 Å². The maximum absolute atomic E-state index is 12.8. The van der Waals surface area contributed by atoms with Crippen molar-refractivity contribution in [2.24, 2.45) is 0 Å². The van der Waals surface area contributed by atoms with Gasteiger partial charge in [0, 0.05) is 23.2 Å². The van der Waals surface area contributed by atoms with Gasteiger partial charge in [0.15, 0.2) is 0 Å². The molecule has 0 aliphatic carbocycles. The molecule has 32 heavy (non-hydrogen) atoms. The Kier molecular flexibility index (Phi) is 7.84. The Morgan fingerprint density at radius 3 is 2.31 bits per heavy atom. The summed E-state index contributed by atoms with van der Waals surface area (Å²) < 4.78 is 58.2. The van der Waals surface area contributed by atoms with Crippen LogP contribution in [0.1, 0.15) is 0 Å². The standard InChI is InChI=1S/C19H21BrClN3O6S2/c1-31(26,27)24(13-19(25)22-14-2-7-17(20)18(21)12-14)15-3-5-16(6-4-15)32(28,29)23-8-10-30-11-9-23/h2-7,12H,8-11,13H2,1H3,(H,22,25). The third-order valence-corrected chi connectivity index (χ3v) is 8.91. The lowest BCUT2D eigenvalue weighted by atomic mass is 10.3. The summed E-state index contributed by atoms with van der Waals surface area (Å²) in [5, 5.41) is 2.98. The first-order valence-electron chi connectivity index (χ1n) is 9.39. The number of rotatable bonds is 7. The molecule has 1 fully saturated rings. The lowest BCUT2D eigenvalue weighted by Gasteiger charge is -2.26. The molecule has 2 aromatic rings. The molecule has 1 amide bonds. The summed E-state index contributed by atoms with van der Waals surface area (Å²) in [7, 11) is -7.55.